The predicted molar refractivity (Wildman–Crippen MR) is 141 cm³/mol. The van der Waals surface area contributed by atoms with Crippen LogP contribution in [0.15, 0.2) is 58.2 Å². The second-order valence-electron chi connectivity index (χ2n) is 8.84. The smallest absolute Gasteiger partial charge is 0.244 e. The third kappa shape index (κ3) is 3.71. The van der Waals surface area contributed by atoms with Crippen LogP contribution in [-0.4, -0.2) is 47.7 Å². The molecule has 0 aliphatic carbocycles. The van der Waals surface area contributed by atoms with Crippen molar-refractivity contribution in [3.63, 3.8) is 0 Å². The molecular weight excluding hydrogens is 495 g/mol. The van der Waals surface area contributed by atoms with Crippen LogP contribution in [0.25, 0.3) is 22.3 Å². The zero-order valence-corrected chi connectivity index (χ0v) is 20.6. The molecule has 0 bridgehead atoms. The van der Waals surface area contributed by atoms with Gasteiger partial charge < -0.3 is 10.8 Å². The van der Waals surface area contributed by atoms with Crippen LogP contribution >= 0.6 is 11.9 Å². The van der Waals surface area contributed by atoms with E-state index in [1.54, 1.807) is 9.58 Å². The maximum atomic E-state index is 13.8. The molecule has 6 rings (SSSR count). The molecule has 2 unspecified atom stereocenters. The number of anilines is 2. The minimum atomic E-state index is -0.748. The Labute approximate surface area is 214 Å². The lowest BCUT2D eigenvalue weighted by atomic mass is 9.99. The molecule has 2 aromatic carbocycles. The number of hydrogen-bond acceptors (Lipinski definition) is 9. The molecule has 2 aliphatic rings. The number of phenolic OH excluding ortho intramolecular Hbond substituents is 1. The molecular formula is C25H21FN8O2S. The summed E-state index contributed by atoms with van der Waals surface area (Å²) in [6, 6.07) is 11.5. The average molecular weight is 517 g/mol. The van der Waals surface area contributed by atoms with Crippen molar-refractivity contribution in [3.8, 4) is 17.0 Å². The number of amidine groups is 1. The molecule has 186 valence electrons. The van der Waals surface area contributed by atoms with Crippen molar-refractivity contribution in [1.82, 2.24) is 19.7 Å². The Morgan fingerprint density at radius 1 is 1.16 bits per heavy atom. The number of fused-ring (bicyclic) bond motifs is 2. The maximum absolute atomic E-state index is 13.8. The molecule has 2 aliphatic heterocycles. The number of nitrogens with zero attached hydrogens (tertiary/aromatic N) is 7. The van der Waals surface area contributed by atoms with Crippen LogP contribution in [0.5, 0.6) is 5.75 Å². The van der Waals surface area contributed by atoms with Gasteiger partial charge in [0.25, 0.3) is 0 Å². The number of phenols is 1. The van der Waals surface area contributed by atoms with E-state index in [9.17, 15) is 14.3 Å². The van der Waals surface area contributed by atoms with Crippen molar-refractivity contribution in [3.05, 3.63) is 60.2 Å². The molecule has 0 saturated carbocycles. The summed E-state index contributed by atoms with van der Waals surface area (Å²) in [5, 5.41) is 14.7. The quantitative estimate of drug-likeness (QED) is 0.395. The van der Waals surface area contributed by atoms with E-state index >= 15 is 0 Å². The average Bonchev–Trinajstić information content (AvgIpc) is 3.43. The maximum Gasteiger partial charge on any atom is 0.244 e. The Morgan fingerprint density at radius 3 is 2.76 bits per heavy atom. The van der Waals surface area contributed by atoms with E-state index < -0.39 is 17.5 Å². The van der Waals surface area contributed by atoms with Crippen molar-refractivity contribution in [2.24, 2.45) is 15.3 Å². The summed E-state index contributed by atoms with van der Waals surface area (Å²) >= 11 is 1.28. The third-order valence-corrected chi connectivity index (χ3v) is 7.47. The molecule has 12 heteroatoms. The molecule has 0 spiro atoms. The van der Waals surface area contributed by atoms with E-state index in [1.165, 1.54) is 30.4 Å². The Morgan fingerprint density at radius 2 is 1.97 bits per heavy atom. The van der Waals surface area contributed by atoms with Crippen LogP contribution in [0.4, 0.5) is 15.9 Å². The summed E-state index contributed by atoms with van der Waals surface area (Å²) in [6.07, 6.45) is 1.33. The Hall–Kier alpha value is -4.32. The van der Waals surface area contributed by atoms with E-state index in [-0.39, 0.29) is 23.6 Å². The van der Waals surface area contributed by atoms with Gasteiger partial charge >= 0.3 is 0 Å². The van der Waals surface area contributed by atoms with E-state index in [0.29, 0.717) is 28.1 Å². The zero-order valence-electron chi connectivity index (χ0n) is 19.8. The number of aryl methyl sites for hydroxylation is 1. The third-order valence-electron chi connectivity index (χ3n) is 6.49. The van der Waals surface area contributed by atoms with Gasteiger partial charge in [0.15, 0.2) is 17.2 Å². The minimum absolute atomic E-state index is 0.100. The zero-order chi connectivity index (χ0) is 25.8. The molecule has 4 aromatic rings. The minimum Gasteiger partial charge on any atom is -0.505 e. The van der Waals surface area contributed by atoms with Gasteiger partial charge in [0.05, 0.1) is 11.1 Å². The molecule has 1 amide bonds. The number of para-hydroxylation sites is 1. The van der Waals surface area contributed by atoms with Gasteiger partial charge in [-0.05, 0) is 43.7 Å². The lowest BCUT2D eigenvalue weighted by Gasteiger charge is -2.34. The van der Waals surface area contributed by atoms with Crippen LogP contribution in [0, 0.1) is 18.7 Å². The lowest BCUT2D eigenvalue weighted by molar-refractivity contribution is -0.119. The molecule has 10 nitrogen and oxygen atoms in total. The van der Waals surface area contributed by atoms with Gasteiger partial charge in [-0.3, -0.25) is 14.7 Å². The molecule has 0 radical (unpaired) electrons. The Bertz CT molecular complexity index is 1650. The summed E-state index contributed by atoms with van der Waals surface area (Å²) < 4.78 is 19.7. The first-order chi connectivity index (χ1) is 17.8. The largest absolute Gasteiger partial charge is 0.505 e. The molecule has 0 fully saturated rings. The van der Waals surface area contributed by atoms with Crippen LogP contribution in [0.2, 0.25) is 0 Å². The first kappa shape index (κ1) is 23.1. The highest BCUT2D eigenvalue weighted by Gasteiger charge is 2.45. The monoisotopic (exact) mass is 516 g/mol. The fourth-order valence-corrected chi connectivity index (χ4v) is 5.64. The van der Waals surface area contributed by atoms with Crippen molar-refractivity contribution >= 4 is 51.9 Å². The number of aromatic hydroxyl groups is 1. The summed E-state index contributed by atoms with van der Waals surface area (Å²) in [5.74, 6) is -1.15. The Balaban J connectivity index is 1.50. The number of nitrogens with two attached hydrogens (primary N) is 1. The van der Waals surface area contributed by atoms with Crippen molar-refractivity contribution in [2.45, 2.75) is 25.8 Å². The number of amides is 1. The second kappa shape index (κ2) is 8.66. The predicted octanol–water partition coefficient (Wildman–Crippen LogP) is 3.74. The number of carbonyl (C=O) groups excluding carboxylic acids is 1. The molecule has 4 heterocycles. The number of aliphatic imine (C=N–C) groups is 1. The van der Waals surface area contributed by atoms with E-state index in [4.69, 9.17) is 15.8 Å². The van der Waals surface area contributed by atoms with Gasteiger partial charge in [0, 0.05) is 23.2 Å². The molecule has 2 atom stereocenters. The molecule has 2 aromatic heterocycles. The normalized spacial score (nSPS) is 19.2. The number of benzene rings is 2. The number of carbonyl (C=O) groups is 1. The highest BCUT2D eigenvalue weighted by Crippen LogP contribution is 2.39. The van der Waals surface area contributed by atoms with E-state index in [2.05, 4.69) is 14.4 Å². The number of aromatic nitrogens is 4. The summed E-state index contributed by atoms with van der Waals surface area (Å²) in [7, 11) is 0. The van der Waals surface area contributed by atoms with Gasteiger partial charge in [0.1, 0.15) is 41.5 Å². The topological polar surface area (TPSA) is 135 Å². The van der Waals surface area contributed by atoms with Crippen LogP contribution in [0.3, 0.4) is 0 Å². The molecule has 37 heavy (non-hydrogen) atoms. The fraction of sp³-hybridized carbons (Fsp3) is 0.200. The number of halogens is 1. The van der Waals surface area contributed by atoms with Gasteiger partial charge in [-0.2, -0.15) is 5.10 Å². The van der Waals surface area contributed by atoms with Crippen LogP contribution in [0.1, 0.15) is 12.5 Å². The van der Waals surface area contributed by atoms with Crippen LogP contribution < -0.4 is 10.6 Å². The number of hydrogen-bond donors (Lipinski definition) is 2. The van der Waals surface area contributed by atoms with Crippen molar-refractivity contribution < 1.29 is 14.3 Å². The SMILES string of the molecule is CC1=NSC2N=C(Cn3nc(-c4ccc(F)c(O)c4)c4c(N)ncnc43)N(c3ccccc3C)C(=O)C12. The fourth-order valence-electron chi connectivity index (χ4n) is 4.65. The van der Waals surface area contributed by atoms with E-state index in [1.807, 2.05) is 38.1 Å². The standard InChI is InChI=1S/C25H21FN8O2S/c1-12-5-3-4-6-16(12)34-18(30-24-19(25(34)36)13(2)32-37-24)10-33-23-20(22(27)28-11-29-23)21(31-33)14-7-8-15(26)17(35)9-14/h3-9,11,19,24,35H,10H2,1-2H3,(H2,27,28,29). The van der Waals surface area contributed by atoms with Crippen molar-refractivity contribution in [1.29, 1.82) is 0 Å². The van der Waals surface area contributed by atoms with E-state index in [0.717, 1.165) is 23.0 Å². The molecule has 3 N–H and O–H groups in total. The first-order valence-corrected chi connectivity index (χ1v) is 12.3. The molecule has 0 saturated heterocycles. The second-order valence-corrected chi connectivity index (χ2v) is 9.72. The van der Waals surface area contributed by atoms with Gasteiger partial charge in [-0.25, -0.2) is 23.4 Å². The number of nitrogen functional groups attached to an aromatic ring is 1. The highest BCUT2D eigenvalue weighted by atomic mass is 32.2. The first-order valence-electron chi connectivity index (χ1n) is 11.5. The van der Waals surface area contributed by atoms with Gasteiger partial charge in [0.2, 0.25) is 5.91 Å². The summed E-state index contributed by atoms with van der Waals surface area (Å²) in [4.78, 5) is 28.8. The van der Waals surface area contributed by atoms with Gasteiger partial charge in [-0.15, -0.1) is 0 Å². The highest BCUT2D eigenvalue weighted by molar-refractivity contribution is 7.99. The lowest BCUT2D eigenvalue weighted by Crippen LogP contribution is -2.51. The van der Waals surface area contributed by atoms with Crippen LogP contribution in [-0.2, 0) is 11.3 Å². The van der Waals surface area contributed by atoms with Crippen molar-refractivity contribution in [2.75, 3.05) is 10.6 Å². The number of rotatable bonds is 4. The summed E-state index contributed by atoms with van der Waals surface area (Å²) in [5.41, 5.74) is 9.82. The summed E-state index contributed by atoms with van der Waals surface area (Å²) in [6.45, 7) is 3.88. The Kier molecular flexibility index (Phi) is 5.41. The van der Waals surface area contributed by atoms with Gasteiger partial charge in [-0.1, -0.05) is 18.2 Å².